The zero-order valence-electron chi connectivity index (χ0n) is 9.04. The lowest BCUT2D eigenvalue weighted by Gasteiger charge is -2.07. The van der Waals surface area contributed by atoms with Crippen LogP contribution in [0.15, 0.2) is 24.3 Å². The van der Waals surface area contributed by atoms with E-state index < -0.39 is 0 Å². The van der Waals surface area contributed by atoms with Crippen LogP contribution in [0.4, 0.5) is 0 Å². The van der Waals surface area contributed by atoms with Gasteiger partial charge < -0.3 is 0 Å². The number of rotatable bonds is 2. The van der Waals surface area contributed by atoms with Crippen LogP contribution in [0.5, 0.6) is 0 Å². The summed E-state index contributed by atoms with van der Waals surface area (Å²) in [4.78, 5) is 8.49. The minimum atomic E-state index is 0.405. The quantitative estimate of drug-likeness (QED) is 0.750. The van der Waals surface area contributed by atoms with Gasteiger partial charge in [0.05, 0.1) is 15.7 Å². The fourth-order valence-electron chi connectivity index (χ4n) is 1.46. The van der Waals surface area contributed by atoms with Gasteiger partial charge in [-0.3, -0.25) is 0 Å². The molecule has 2 nitrogen and oxygen atoms in total. The van der Waals surface area contributed by atoms with Crippen molar-refractivity contribution in [2.24, 2.45) is 0 Å². The molecule has 0 radical (unpaired) electrons. The highest BCUT2D eigenvalue weighted by atomic mass is 35.5. The summed E-state index contributed by atoms with van der Waals surface area (Å²) in [7, 11) is 0. The summed E-state index contributed by atoms with van der Waals surface area (Å²) < 4.78 is 0. The second-order valence-electron chi connectivity index (χ2n) is 3.45. The second kappa shape index (κ2) is 5.21. The lowest BCUT2D eigenvalue weighted by Crippen LogP contribution is -1.96. The monoisotopic (exact) mass is 286 g/mol. The summed E-state index contributed by atoms with van der Waals surface area (Å²) in [5.41, 5.74) is 1.45. The molecule has 0 fully saturated rings. The number of nitrogens with zero attached hydrogens (tertiary/aromatic N) is 2. The van der Waals surface area contributed by atoms with E-state index in [1.807, 2.05) is 19.1 Å². The van der Waals surface area contributed by atoms with Gasteiger partial charge in [0.15, 0.2) is 0 Å². The van der Waals surface area contributed by atoms with Crippen molar-refractivity contribution in [3.8, 4) is 11.3 Å². The molecular weight excluding hydrogens is 279 g/mol. The van der Waals surface area contributed by atoms with Crippen molar-refractivity contribution in [1.82, 2.24) is 9.97 Å². The Labute approximate surface area is 115 Å². The molecule has 0 spiro atoms. The van der Waals surface area contributed by atoms with Crippen LogP contribution in [-0.4, -0.2) is 9.97 Å². The first-order valence-corrected chi connectivity index (χ1v) is 6.23. The third-order valence-corrected chi connectivity index (χ3v) is 3.30. The van der Waals surface area contributed by atoms with E-state index >= 15 is 0 Å². The Bertz CT molecular complexity index is 555. The summed E-state index contributed by atoms with van der Waals surface area (Å²) in [6.45, 7) is 1.97. The molecule has 5 heteroatoms. The Balaban J connectivity index is 2.60. The van der Waals surface area contributed by atoms with E-state index in [1.54, 1.807) is 12.1 Å². The van der Waals surface area contributed by atoms with Crippen LogP contribution in [-0.2, 0) is 6.42 Å². The van der Waals surface area contributed by atoms with E-state index in [0.29, 0.717) is 33.1 Å². The van der Waals surface area contributed by atoms with Crippen LogP contribution in [0.3, 0.4) is 0 Å². The van der Waals surface area contributed by atoms with E-state index in [4.69, 9.17) is 34.8 Å². The first-order chi connectivity index (χ1) is 8.11. The molecule has 0 aliphatic heterocycles. The molecule has 1 aromatic carbocycles. The fraction of sp³-hybridized carbons (Fsp3) is 0.167. The predicted molar refractivity (Wildman–Crippen MR) is 71.9 cm³/mol. The van der Waals surface area contributed by atoms with Gasteiger partial charge in [-0.05, 0) is 6.07 Å². The Kier molecular flexibility index (Phi) is 3.87. The molecule has 0 saturated carbocycles. The number of halogens is 3. The van der Waals surface area contributed by atoms with Gasteiger partial charge in [0.2, 0.25) is 0 Å². The highest BCUT2D eigenvalue weighted by molar-refractivity contribution is 6.43. The van der Waals surface area contributed by atoms with Crippen molar-refractivity contribution in [3.63, 3.8) is 0 Å². The van der Waals surface area contributed by atoms with Crippen molar-refractivity contribution in [1.29, 1.82) is 0 Å². The van der Waals surface area contributed by atoms with Crippen LogP contribution in [0.25, 0.3) is 11.3 Å². The van der Waals surface area contributed by atoms with Crippen LogP contribution in [0.1, 0.15) is 12.7 Å². The number of hydrogen-bond donors (Lipinski definition) is 0. The van der Waals surface area contributed by atoms with Gasteiger partial charge in [0.1, 0.15) is 11.0 Å². The van der Waals surface area contributed by atoms with E-state index in [-0.39, 0.29) is 0 Å². The van der Waals surface area contributed by atoms with E-state index in [9.17, 15) is 0 Å². The zero-order valence-corrected chi connectivity index (χ0v) is 11.3. The van der Waals surface area contributed by atoms with Crippen molar-refractivity contribution in [3.05, 3.63) is 45.3 Å². The molecule has 0 unspecified atom stereocenters. The summed E-state index contributed by atoms with van der Waals surface area (Å²) in [6, 6.07) is 7.09. The summed E-state index contributed by atoms with van der Waals surface area (Å²) in [6.07, 6.45) is 0.714. The summed E-state index contributed by atoms with van der Waals surface area (Å²) in [5.74, 6) is 0.684. The van der Waals surface area contributed by atoms with Gasteiger partial charge in [-0.1, -0.05) is 53.9 Å². The number of hydrogen-bond acceptors (Lipinski definition) is 2. The highest BCUT2D eigenvalue weighted by Crippen LogP contribution is 2.33. The largest absolute Gasteiger partial charge is 0.233 e. The van der Waals surface area contributed by atoms with Crippen molar-refractivity contribution in [2.75, 3.05) is 0 Å². The molecule has 0 aliphatic rings. The molecule has 2 rings (SSSR count). The first kappa shape index (κ1) is 12.6. The molecule has 0 saturated heterocycles. The summed E-state index contributed by atoms with van der Waals surface area (Å²) >= 11 is 18.1. The van der Waals surface area contributed by atoms with Gasteiger partial charge in [0, 0.05) is 18.1 Å². The molecule has 2 aromatic rings. The average molecular weight is 288 g/mol. The first-order valence-electron chi connectivity index (χ1n) is 5.09. The molecule has 88 valence electrons. The van der Waals surface area contributed by atoms with Crippen LogP contribution in [0, 0.1) is 0 Å². The fourth-order valence-corrected chi connectivity index (χ4v) is 2.06. The lowest BCUT2D eigenvalue weighted by atomic mass is 10.1. The van der Waals surface area contributed by atoms with E-state index in [1.165, 1.54) is 0 Å². The van der Waals surface area contributed by atoms with Gasteiger partial charge in [-0.15, -0.1) is 0 Å². The Morgan fingerprint density at radius 3 is 2.59 bits per heavy atom. The molecule has 0 aliphatic carbocycles. The second-order valence-corrected chi connectivity index (χ2v) is 4.62. The minimum Gasteiger partial charge on any atom is -0.233 e. The third kappa shape index (κ3) is 2.71. The minimum absolute atomic E-state index is 0.405. The molecular formula is C12H9Cl3N2. The maximum absolute atomic E-state index is 6.14. The Morgan fingerprint density at radius 2 is 1.88 bits per heavy atom. The molecule has 0 amide bonds. The molecule has 0 atom stereocenters. The standard InChI is InChI=1S/C12H9Cl3N2/c1-2-11-16-9(6-10(14)17-11)7-4-3-5-8(13)12(7)15/h3-6H,2H2,1H3. The van der Waals surface area contributed by atoms with Crippen molar-refractivity contribution in [2.45, 2.75) is 13.3 Å². The lowest BCUT2D eigenvalue weighted by molar-refractivity contribution is 0.943. The molecule has 17 heavy (non-hydrogen) atoms. The van der Waals surface area contributed by atoms with Crippen LogP contribution >= 0.6 is 34.8 Å². The maximum atomic E-state index is 6.14. The average Bonchev–Trinajstić information content (AvgIpc) is 2.31. The zero-order chi connectivity index (χ0) is 12.4. The smallest absolute Gasteiger partial charge is 0.133 e. The Hall–Kier alpha value is -0.830. The van der Waals surface area contributed by atoms with Crippen LogP contribution in [0.2, 0.25) is 15.2 Å². The molecule has 1 heterocycles. The third-order valence-electron chi connectivity index (χ3n) is 2.28. The highest BCUT2D eigenvalue weighted by Gasteiger charge is 2.10. The number of aryl methyl sites for hydroxylation is 1. The molecule has 0 N–H and O–H groups in total. The predicted octanol–water partition coefficient (Wildman–Crippen LogP) is 4.67. The van der Waals surface area contributed by atoms with E-state index in [2.05, 4.69) is 9.97 Å². The van der Waals surface area contributed by atoms with Gasteiger partial charge >= 0.3 is 0 Å². The normalized spacial score (nSPS) is 10.6. The van der Waals surface area contributed by atoms with Crippen LogP contribution < -0.4 is 0 Å². The molecule has 0 bridgehead atoms. The van der Waals surface area contributed by atoms with Gasteiger partial charge in [-0.25, -0.2) is 9.97 Å². The maximum Gasteiger partial charge on any atom is 0.133 e. The topological polar surface area (TPSA) is 25.8 Å². The van der Waals surface area contributed by atoms with Gasteiger partial charge in [0.25, 0.3) is 0 Å². The Morgan fingerprint density at radius 1 is 1.12 bits per heavy atom. The van der Waals surface area contributed by atoms with Gasteiger partial charge in [-0.2, -0.15) is 0 Å². The number of aromatic nitrogens is 2. The summed E-state index contributed by atoms with van der Waals surface area (Å²) in [5, 5.41) is 1.38. The van der Waals surface area contributed by atoms with Crippen molar-refractivity contribution < 1.29 is 0 Å². The SMILES string of the molecule is CCc1nc(Cl)cc(-c2cccc(Cl)c2Cl)n1. The van der Waals surface area contributed by atoms with E-state index in [0.717, 1.165) is 5.56 Å². The molecule has 1 aromatic heterocycles. The van der Waals surface area contributed by atoms with Crippen molar-refractivity contribution >= 4 is 34.8 Å². The number of benzene rings is 1.